The van der Waals surface area contributed by atoms with E-state index in [9.17, 15) is 9.59 Å². The standard InChI is InChI=1S/C23H29N3O2/c1-3-19-9-5-6-10-22(19)26(18(2)27)17-23(28)24-20-11-13-21(14-12-20)25-15-7-4-8-16-25/h5-6,9-14H,3-4,7-8,15-17H2,1-2H3,(H,24,28). The number of hydrogen-bond donors (Lipinski definition) is 1. The van der Waals surface area contributed by atoms with E-state index >= 15 is 0 Å². The molecule has 0 radical (unpaired) electrons. The number of piperidine rings is 1. The van der Waals surface area contributed by atoms with E-state index < -0.39 is 0 Å². The number of anilines is 3. The van der Waals surface area contributed by atoms with Crippen LogP contribution in [0.1, 0.15) is 38.7 Å². The van der Waals surface area contributed by atoms with Crippen LogP contribution in [0.4, 0.5) is 17.1 Å². The van der Waals surface area contributed by atoms with Crippen molar-refractivity contribution < 1.29 is 9.59 Å². The third kappa shape index (κ3) is 4.91. The lowest BCUT2D eigenvalue weighted by Gasteiger charge is -2.29. The molecule has 2 aromatic carbocycles. The van der Waals surface area contributed by atoms with Gasteiger partial charge in [0, 0.05) is 37.1 Å². The summed E-state index contributed by atoms with van der Waals surface area (Å²) in [5.41, 5.74) is 3.79. The van der Waals surface area contributed by atoms with Crippen molar-refractivity contribution in [3.63, 3.8) is 0 Å². The Bertz CT molecular complexity index is 811. The smallest absolute Gasteiger partial charge is 0.244 e. The van der Waals surface area contributed by atoms with Crippen LogP contribution in [0.5, 0.6) is 0 Å². The average Bonchev–Trinajstić information content (AvgIpc) is 2.73. The predicted molar refractivity (Wildman–Crippen MR) is 115 cm³/mol. The van der Waals surface area contributed by atoms with Gasteiger partial charge in [0.25, 0.3) is 0 Å². The molecule has 0 aromatic heterocycles. The van der Waals surface area contributed by atoms with Gasteiger partial charge in [-0.2, -0.15) is 0 Å². The second-order valence-corrected chi connectivity index (χ2v) is 7.23. The van der Waals surface area contributed by atoms with Gasteiger partial charge in [-0.3, -0.25) is 9.59 Å². The topological polar surface area (TPSA) is 52.7 Å². The van der Waals surface area contributed by atoms with E-state index in [1.807, 2.05) is 43.3 Å². The fourth-order valence-electron chi connectivity index (χ4n) is 3.69. The number of para-hydroxylation sites is 1. The van der Waals surface area contributed by atoms with Gasteiger partial charge >= 0.3 is 0 Å². The summed E-state index contributed by atoms with van der Waals surface area (Å²) in [4.78, 5) is 28.7. The van der Waals surface area contributed by atoms with Gasteiger partial charge in [0.2, 0.25) is 11.8 Å². The molecule has 0 saturated carbocycles. The molecule has 1 saturated heterocycles. The molecule has 28 heavy (non-hydrogen) atoms. The Balaban J connectivity index is 1.65. The minimum atomic E-state index is -0.202. The number of hydrogen-bond acceptors (Lipinski definition) is 3. The Kier molecular flexibility index (Phi) is 6.69. The van der Waals surface area contributed by atoms with Crippen LogP contribution in [0.2, 0.25) is 0 Å². The molecular formula is C23H29N3O2. The van der Waals surface area contributed by atoms with E-state index in [4.69, 9.17) is 0 Å². The summed E-state index contributed by atoms with van der Waals surface area (Å²) in [5, 5.41) is 2.91. The van der Waals surface area contributed by atoms with Crippen LogP contribution >= 0.6 is 0 Å². The zero-order chi connectivity index (χ0) is 19.9. The van der Waals surface area contributed by atoms with Crippen molar-refractivity contribution in [2.24, 2.45) is 0 Å². The molecule has 2 amide bonds. The second-order valence-electron chi connectivity index (χ2n) is 7.23. The number of carbonyl (C=O) groups excluding carboxylic acids is 2. The highest BCUT2D eigenvalue weighted by Gasteiger charge is 2.18. The third-order valence-corrected chi connectivity index (χ3v) is 5.22. The third-order valence-electron chi connectivity index (χ3n) is 5.22. The summed E-state index contributed by atoms with van der Waals surface area (Å²) in [5.74, 6) is -0.344. The maximum atomic E-state index is 12.6. The summed E-state index contributed by atoms with van der Waals surface area (Å²) in [6.07, 6.45) is 4.58. The van der Waals surface area contributed by atoms with Crippen LogP contribution in [0.3, 0.4) is 0 Å². The second kappa shape index (κ2) is 9.40. The minimum Gasteiger partial charge on any atom is -0.372 e. The molecule has 1 fully saturated rings. The molecule has 5 nitrogen and oxygen atoms in total. The molecule has 0 bridgehead atoms. The highest BCUT2D eigenvalue weighted by atomic mass is 16.2. The number of nitrogens with one attached hydrogen (secondary N) is 1. The van der Waals surface area contributed by atoms with Crippen LogP contribution in [-0.2, 0) is 16.0 Å². The van der Waals surface area contributed by atoms with E-state index in [1.54, 1.807) is 0 Å². The average molecular weight is 380 g/mol. The van der Waals surface area contributed by atoms with Crippen LogP contribution in [-0.4, -0.2) is 31.4 Å². The fraction of sp³-hybridized carbons (Fsp3) is 0.391. The molecule has 1 heterocycles. The Morgan fingerprint density at radius 1 is 1.00 bits per heavy atom. The number of aryl methyl sites for hydroxylation is 1. The normalized spacial score (nSPS) is 13.9. The molecule has 0 aliphatic carbocycles. The first-order valence-corrected chi connectivity index (χ1v) is 10.1. The number of rotatable bonds is 6. The molecule has 148 valence electrons. The minimum absolute atomic E-state index is 0.000221. The molecule has 3 rings (SSSR count). The zero-order valence-corrected chi connectivity index (χ0v) is 16.8. The lowest BCUT2D eigenvalue weighted by molar-refractivity contribution is -0.120. The van der Waals surface area contributed by atoms with Crippen molar-refractivity contribution in [2.75, 3.05) is 34.8 Å². The molecule has 1 aliphatic heterocycles. The SMILES string of the molecule is CCc1ccccc1N(CC(=O)Nc1ccc(N2CCCCC2)cc1)C(C)=O. The van der Waals surface area contributed by atoms with Gasteiger partial charge in [-0.15, -0.1) is 0 Å². The van der Waals surface area contributed by atoms with Gasteiger partial charge in [-0.1, -0.05) is 25.1 Å². The number of carbonyl (C=O) groups is 2. The van der Waals surface area contributed by atoms with Crippen molar-refractivity contribution in [1.29, 1.82) is 0 Å². The first kappa shape index (κ1) is 19.9. The molecule has 1 aliphatic rings. The van der Waals surface area contributed by atoms with Crippen molar-refractivity contribution in [2.45, 2.75) is 39.5 Å². The van der Waals surface area contributed by atoms with Gasteiger partial charge < -0.3 is 15.1 Å². The molecule has 2 aromatic rings. The van der Waals surface area contributed by atoms with Crippen LogP contribution in [0.15, 0.2) is 48.5 Å². The van der Waals surface area contributed by atoms with Crippen LogP contribution in [0.25, 0.3) is 0 Å². The van der Waals surface area contributed by atoms with E-state index in [0.29, 0.717) is 0 Å². The monoisotopic (exact) mass is 379 g/mol. The Morgan fingerprint density at radius 2 is 1.68 bits per heavy atom. The highest BCUT2D eigenvalue weighted by molar-refractivity contribution is 6.02. The summed E-state index contributed by atoms with van der Waals surface area (Å²) in [6.45, 7) is 5.72. The summed E-state index contributed by atoms with van der Waals surface area (Å²) in [6, 6.07) is 15.7. The van der Waals surface area contributed by atoms with Gasteiger partial charge in [0.15, 0.2) is 0 Å². The maximum absolute atomic E-state index is 12.6. The lowest BCUT2D eigenvalue weighted by Crippen LogP contribution is -2.37. The Hall–Kier alpha value is -2.82. The number of nitrogens with zero attached hydrogens (tertiary/aromatic N) is 2. The zero-order valence-electron chi connectivity index (χ0n) is 16.8. The van der Waals surface area contributed by atoms with E-state index in [-0.39, 0.29) is 18.4 Å². The van der Waals surface area contributed by atoms with Crippen LogP contribution in [0, 0.1) is 0 Å². The van der Waals surface area contributed by atoms with Crippen molar-refractivity contribution in [1.82, 2.24) is 0 Å². The fourth-order valence-corrected chi connectivity index (χ4v) is 3.69. The van der Waals surface area contributed by atoms with Gasteiger partial charge in [0.1, 0.15) is 6.54 Å². The van der Waals surface area contributed by atoms with Gasteiger partial charge in [-0.05, 0) is 61.6 Å². The number of benzene rings is 2. The van der Waals surface area contributed by atoms with Crippen LogP contribution < -0.4 is 15.1 Å². The maximum Gasteiger partial charge on any atom is 0.244 e. The predicted octanol–water partition coefficient (Wildman–Crippen LogP) is 4.23. The number of amides is 2. The van der Waals surface area contributed by atoms with E-state index in [0.717, 1.165) is 36.4 Å². The molecule has 1 N–H and O–H groups in total. The van der Waals surface area contributed by atoms with Crippen molar-refractivity contribution in [3.05, 3.63) is 54.1 Å². The van der Waals surface area contributed by atoms with Crippen molar-refractivity contribution >= 4 is 28.9 Å². The lowest BCUT2D eigenvalue weighted by atomic mass is 10.1. The van der Waals surface area contributed by atoms with Gasteiger partial charge in [-0.25, -0.2) is 0 Å². The van der Waals surface area contributed by atoms with E-state index in [1.165, 1.54) is 36.8 Å². The summed E-state index contributed by atoms with van der Waals surface area (Å²) in [7, 11) is 0. The van der Waals surface area contributed by atoms with Crippen molar-refractivity contribution in [3.8, 4) is 0 Å². The molecule has 5 heteroatoms. The first-order chi connectivity index (χ1) is 13.6. The van der Waals surface area contributed by atoms with E-state index in [2.05, 4.69) is 22.3 Å². The largest absolute Gasteiger partial charge is 0.372 e. The molecule has 0 atom stereocenters. The first-order valence-electron chi connectivity index (χ1n) is 10.1. The quantitative estimate of drug-likeness (QED) is 0.817. The molecule has 0 unspecified atom stereocenters. The highest BCUT2D eigenvalue weighted by Crippen LogP contribution is 2.23. The Morgan fingerprint density at radius 3 is 2.32 bits per heavy atom. The summed E-state index contributed by atoms with van der Waals surface area (Å²) >= 11 is 0. The van der Waals surface area contributed by atoms with Gasteiger partial charge in [0.05, 0.1) is 0 Å². The Labute approximate surface area is 167 Å². The summed E-state index contributed by atoms with van der Waals surface area (Å²) < 4.78 is 0. The molecular weight excluding hydrogens is 350 g/mol. The molecule has 0 spiro atoms.